The molecule has 1 heterocycles. The number of nitrogens with one attached hydrogen (secondary N) is 1. The molecule has 0 amide bonds. The Morgan fingerprint density at radius 1 is 0.672 bits per heavy atom. The first kappa shape index (κ1) is 46.4. The van der Waals surface area contributed by atoms with E-state index < -0.39 is 29.7 Å². The number of methoxy groups -OCH3 is 5. The lowest BCUT2D eigenvalue weighted by molar-refractivity contribution is -0.128. The Morgan fingerprint density at radius 3 is 1.69 bits per heavy atom. The van der Waals surface area contributed by atoms with Crippen LogP contribution in [0.1, 0.15) is 34.0 Å². The van der Waals surface area contributed by atoms with E-state index in [4.69, 9.17) is 56.8 Å². The Kier molecular flexibility index (Phi) is 19.1. The van der Waals surface area contributed by atoms with E-state index in [1.165, 1.54) is 7.11 Å². The number of benzene rings is 2. The highest BCUT2D eigenvalue weighted by Gasteiger charge is 2.40. The highest BCUT2D eigenvalue weighted by Crippen LogP contribution is 2.45. The number of anilines is 1. The van der Waals surface area contributed by atoms with Crippen LogP contribution < -0.4 is 14.8 Å². The van der Waals surface area contributed by atoms with Gasteiger partial charge in [-0.05, 0) is 80.0 Å². The number of fused-ring (bicyclic) bond motifs is 2. The quantitative estimate of drug-likeness (QED) is 0.0740. The maximum Gasteiger partial charge on any atom is 0.344 e. The summed E-state index contributed by atoms with van der Waals surface area (Å²) in [7, 11) is 7.75. The molecule has 1 aliphatic carbocycles. The molecular formula is C43H59NO14. The fourth-order valence-electron chi connectivity index (χ4n) is 6.29. The zero-order valence-electron chi connectivity index (χ0n) is 35.0. The van der Waals surface area contributed by atoms with Gasteiger partial charge in [0.25, 0.3) is 0 Å². The minimum Gasteiger partial charge on any atom is -0.486 e. The van der Waals surface area contributed by atoms with Crippen LogP contribution in [0.5, 0.6) is 11.5 Å². The zero-order valence-corrected chi connectivity index (χ0v) is 35.0. The van der Waals surface area contributed by atoms with Gasteiger partial charge in [-0.2, -0.15) is 0 Å². The maximum atomic E-state index is 14.7. The van der Waals surface area contributed by atoms with Crippen LogP contribution in [0.4, 0.5) is 5.69 Å². The molecule has 1 unspecified atom stereocenters. The highest BCUT2D eigenvalue weighted by molar-refractivity contribution is 6.22. The minimum atomic E-state index is -0.845. The van der Waals surface area contributed by atoms with E-state index in [-0.39, 0.29) is 32.0 Å². The molecule has 0 saturated heterocycles. The molecule has 0 fully saturated rings. The van der Waals surface area contributed by atoms with Crippen LogP contribution in [-0.2, 0) is 52.2 Å². The molecular weight excluding hydrogens is 754 g/mol. The Labute approximate surface area is 341 Å². The Balaban J connectivity index is 1.76. The van der Waals surface area contributed by atoms with Gasteiger partial charge >= 0.3 is 11.9 Å². The summed E-state index contributed by atoms with van der Waals surface area (Å²) in [4.78, 5) is 27.1. The molecule has 0 bridgehead atoms. The number of hydrogen-bond acceptors (Lipinski definition) is 15. The number of rotatable bonds is 27. The number of allylic oxidation sites excluding steroid dienone is 1. The monoisotopic (exact) mass is 813 g/mol. The van der Waals surface area contributed by atoms with E-state index in [1.807, 2.05) is 37.3 Å². The number of esters is 2. The first-order chi connectivity index (χ1) is 28.1. The second-order valence-corrected chi connectivity index (χ2v) is 13.8. The summed E-state index contributed by atoms with van der Waals surface area (Å²) in [5.74, 6) is 0.189. The van der Waals surface area contributed by atoms with Crippen LogP contribution in [0.2, 0.25) is 0 Å². The number of carbonyl (C=O) groups is 2. The Hall–Kier alpha value is -4.32. The molecule has 0 aromatic heterocycles. The van der Waals surface area contributed by atoms with Gasteiger partial charge < -0.3 is 62.2 Å². The number of carbonyl (C=O) groups excluding carboxylic acids is 2. The lowest BCUT2D eigenvalue weighted by Crippen LogP contribution is -2.41. The summed E-state index contributed by atoms with van der Waals surface area (Å²) in [5.41, 5.74) is 2.80. The van der Waals surface area contributed by atoms with E-state index in [1.54, 1.807) is 60.5 Å². The number of aryl methyl sites for hydroxylation is 2. The molecule has 15 heteroatoms. The van der Waals surface area contributed by atoms with Gasteiger partial charge in [0.05, 0.1) is 103 Å². The normalized spacial score (nSPS) is 15.9. The van der Waals surface area contributed by atoms with Crippen molar-refractivity contribution in [1.29, 1.82) is 0 Å². The smallest absolute Gasteiger partial charge is 0.344 e. The Bertz CT molecular complexity index is 1690. The minimum absolute atomic E-state index is 0.236. The molecule has 58 heavy (non-hydrogen) atoms. The molecule has 4 rings (SSSR count). The van der Waals surface area contributed by atoms with Gasteiger partial charge in [-0.25, -0.2) is 9.59 Å². The van der Waals surface area contributed by atoms with Gasteiger partial charge in [-0.3, -0.25) is 0 Å². The molecule has 1 atom stereocenters. The third kappa shape index (κ3) is 13.4. The van der Waals surface area contributed by atoms with Crippen molar-refractivity contribution in [3.05, 3.63) is 82.1 Å². The summed E-state index contributed by atoms with van der Waals surface area (Å²) < 4.78 is 67.9. The van der Waals surface area contributed by atoms with E-state index in [0.717, 1.165) is 0 Å². The molecule has 2 aliphatic rings. The molecule has 320 valence electrons. The first-order valence-electron chi connectivity index (χ1n) is 19.2. The van der Waals surface area contributed by atoms with Crippen molar-refractivity contribution in [2.75, 3.05) is 120 Å². The van der Waals surface area contributed by atoms with Crippen molar-refractivity contribution >= 4 is 23.2 Å². The van der Waals surface area contributed by atoms with Gasteiger partial charge in [0, 0.05) is 39.7 Å². The summed E-state index contributed by atoms with van der Waals surface area (Å²) in [5, 5.41) is 3.61. The standard InChI is InChI=1S/C43H59NO14/c1-29-21-31(41(45)51-8)22-30(2)40(29)58-42(46)39-36-23-32(56-34(25-52-17-13-47-4)26-53-18-14-48-5)9-10-38(36)44-43(3)12-11-33(24-37(39)43)57-35(27-54-19-15-49-6)28-55-20-16-50-7/h9-12,21-24,34-35,44H,13-20,25-28H2,1-8H3. The fourth-order valence-corrected chi connectivity index (χ4v) is 6.29. The molecule has 0 radical (unpaired) electrons. The highest BCUT2D eigenvalue weighted by atomic mass is 16.6. The van der Waals surface area contributed by atoms with E-state index >= 15 is 0 Å². The van der Waals surface area contributed by atoms with Crippen LogP contribution in [0, 0.1) is 13.8 Å². The number of ether oxygens (including phenoxy) is 12. The molecule has 15 nitrogen and oxygen atoms in total. The lowest BCUT2D eigenvalue weighted by Gasteiger charge is -2.39. The second kappa shape index (κ2) is 23.9. The third-order valence-corrected chi connectivity index (χ3v) is 9.18. The van der Waals surface area contributed by atoms with Crippen LogP contribution in [0.25, 0.3) is 5.57 Å². The predicted molar refractivity (Wildman–Crippen MR) is 216 cm³/mol. The first-order valence-corrected chi connectivity index (χ1v) is 19.2. The number of hydrogen-bond donors (Lipinski definition) is 1. The van der Waals surface area contributed by atoms with Gasteiger partial charge in [0.2, 0.25) is 0 Å². The average molecular weight is 814 g/mol. The summed E-state index contributed by atoms with van der Waals surface area (Å²) in [6.45, 7) is 9.71. The van der Waals surface area contributed by atoms with Crippen molar-refractivity contribution in [3.8, 4) is 11.5 Å². The molecule has 2 aromatic carbocycles. The molecule has 1 N–H and O–H groups in total. The van der Waals surface area contributed by atoms with Gasteiger partial charge in [-0.1, -0.05) is 6.08 Å². The predicted octanol–water partition coefficient (Wildman–Crippen LogP) is 4.87. The zero-order chi connectivity index (χ0) is 41.9. The summed E-state index contributed by atoms with van der Waals surface area (Å²) in [6, 6.07) is 8.76. The van der Waals surface area contributed by atoms with E-state index in [9.17, 15) is 9.59 Å². The lowest BCUT2D eigenvalue weighted by atomic mass is 9.78. The van der Waals surface area contributed by atoms with Crippen LogP contribution in [-0.4, -0.2) is 145 Å². The second-order valence-electron chi connectivity index (χ2n) is 13.8. The SMILES string of the molecule is COCCOCC(COCCOC)OC1=CC2=C(C(=O)Oc3c(C)cc(C(=O)OC)cc3C)c3cc(OC(COCCOC)COCCOC)ccc3NC2(C)C=C1. The van der Waals surface area contributed by atoms with E-state index in [0.29, 0.717) is 104 Å². The van der Waals surface area contributed by atoms with Crippen molar-refractivity contribution < 1.29 is 66.4 Å². The van der Waals surface area contributed by atoms with Gasteiger partial charge in [0.15, 0.2) is 0 Å². The van der Waals surface area contributed by atoms with Crippen LogP contribution in [0.15, 0.2) is 59.9 Å². The van der Waals surface area contributed by atoms with Gasteiger partial charge in [-0.15, -0.1) is 0 Å². The molecule has 1 aliphatic heterocycles. The summed E-state index contributed by atoms with van der Waals surface area (Å²) >= 11 is 0. The van der Waals surface area contributed by atoms with Crippen molar-refractivity contribution in [1.82, 2.24) is 0 Å². The topological polar surface area (TPSA) is 157 Å². The molecule has 0 spiro atoms. The maximum absolute atomic E-state index is 14.7. The van der Waals surface area contributed by atoms with Gasteiger partial charge in [0.1, 0.15) is 29.5 Å². The average Bonchev–Trinajstić information content (AvgIpc) is 3.21. The van der Waals surface area contributed by atoms with Crippen molar-refractivity contribution in [2.24, 2.45) is 0 Å². The van der Waals surface area contributed by atoms with Crippen LogP contribution in [0.3, 0.4) is 0 Å². The molecule has 2 aromatic rings. The largest absolute Gasteiger partial charge is 0.486 e. The Morgan fingerprint density at radius 2 is 1.19 bits per heavy atom. The summed E-state index contributed by atoms with van der Waals surface area (Å²) in [6.07, 6.45) is 4.66. The van der Waals surface area contributed by atoms with Crippen molar-refractivity contribution in [3.63, 3.8) is 0 Å². The van der Waals surface area contributed by atoms with E-state index in [2.05, 4.69) is 5.32 Å². The van der Waals surface area contributed by atoms with Crippen molar-refractivity contribution in [2.45, 2.75) is 38.5 Å². The fraction of sp³-hybridized carbons (Fsp3) is 0.535. The molecule has 0 saturated carbocycles. The van der Waals surface area contributed by atoms with Crippen LogP contribution >= 0.6 is 0 Å². The third-order valence-electron chi connectivity index (χ3n) is 9.18.